The highest BCUT2D eigenvalue weighted by molar-refractivity contribution is 7.20. The van der Waals surface area contributed by atoms with E-state index in [1.165, 1.54) is 11.3 Å². The third kappa shape index (κ3) is 2.43. The number of carbonyl (C=O) groups is 1. The van der Waals surface area contributed by atoms with E-state index in [-0.39, 0.29) is 11.4 Å². The molecule has 1 aromatic carbocycles. The first-order valence-electron chi connectivity index (χ1n) is 4.98. The first-order valence-corrected chi connectivity index (χ1v) is 5.79. The Hall–Kier alpha value is -2.48. The molecule has 1 N–H and O–H groups in total. The van der Waals surface area contributed by atoms with E-state index in [0.717, 1.165) is 15.6 Å². The van der Waals surface area contributed by atoms with Crippen molar-refractivity contribution in [2.45, 2.75) is 0 Å². The van der Waals surface area contributed by atoms with Gasteiger partial charge >= 0.3 is 5.97 Å². The summed E-state index contributed by atoms with van der Waals surface area (Å²) in [6, 6.07) is 7.09. The van der Waals surface area contributed by atoms with Gasteiger partial charge in [-0.1, -0.05) is 23.0 Å². The molecule has 0 radical (unpaired) electrons. The molecule has 0 aliphatic heterocycles. The van der Waals surface area contributed by atoms with E-state index in [9.17, 15) is 4.79 Å². The Bertz CT molecular complexity index is 718. The monoisotopic (exact) mass is 257 g/mol. The molecule has 2 aromatic rings. The zero-order valence-corrected chi connectivity index (χ0v) is 9.94. The number of rotatable bonds is 2. The fourth-order valence-corrected chi connectivity index (χ4v) is 2.40. The summed E-state index contributed by atoms with van der Waals surface area (Å²) >= 11 is 1.21. The summed E-state index contributed by atoms with van der Waals surface area (Å²) in [6.45, 7) is 0.100. The number of nitrogens with zero attached hydrogens (tertiary/aromatic N) is 3. The summed E-state index contributed by atoms with van der Waals surface area (Å²) in [5.74, 6) is 4.65. The maximum atomic E-state index is 10.9. The molecule has 0 aliphatic rings. The molecule has 5 nitrogen and oxygen atoms in total. The van der Waals surface area contributed by atoms with E-state index in [1.807, 2.05) is 18.2 Å². The van der Waals surface area contributed by atoms with Crippen LogP contribution in [0, 0.1) is 11.8 Å². The Morgan fingerprint density at radius 2 is 2.39 bits per heavy atom. The summed E-state index contributed by atoms with van der Waals surface area (Å²) in [4.78, 5) is 13.8. The van der Waals surface area contributed by atoms with Crippen LogP contribution in [0.2, 0.25) is 0 Å². The molecule has 0 saturated carbocycles. The molecule has 1 heterocycles. The van der Waals surface area contributed by atoms with Crippen molar-refractivity contribution in [3.05, 3.63) is 45.1 Å². The van der Waals surface area contributed by atoms with E-state index < -0.39 is 5.97 Å². The van der Waals surface area contributed by atoms with Crippen LogP contribution in [0.5, 0.6) is 0 Å². The lowest BCUT2D eigenvalue weighted by Gasteiger charge is -1.92. The molecule has 0 fully saturated rings. The molecule has 2 rings (SSSR count). The number of carboxylic acid groups (broad SMARTS) is 1. The quantitative estimate of drug-likeness (QED) is 0.387. The molecule has 0 unspecified atom stereocenters. The van der Waals surface area contributed by atoms with Crippen LogP contribution in [-0.2, 0) is 0 Å². The molecule has 0 saturated heterocycles. The van der Waals surface area contributed by atoms with Crippen molar-refractivity contribution in [3.8, 4) is 11.8 Å². The maximum absolute atomic E-state index is 10.9. The zero-order valence-electron chi connectivity index (χ0n) is 9.12. The van der Waals surface area contributed by atoms with Crippen LogP contribution >= 0.6 is 11.3 Å². The van der Waals surface area contributed by atoms with E-state index in [2.05, 4.69) is 21.9 Å². The van der Waals surface area contributed by atoms with Crippen LogP contribution in [-0.4, -0.2) is 17.6 Å². The highest BCUT2D eigenvalue weighted by Gasteiger charge is 2.09. The lowest BCUT2D eigenvalue weighted by atomic mass is 10.1. The number of hydrogen-bond donors (Lipinski definition) is 1. The van der Waals surface area contributed by atoms with E-state index in [1.54, 1.807) is 6.07 Å². The molecular weight excluding hydrogens is 250 g/mol. The number of hydrogen-bond acceptors (Lipinski definition) is 3. The van der Waals surface area contributed by atoms with Crippen molar-refractivity contribution in [3.63, 3.8) is 0 Å². The van der Waals surface area contributed by atoms with Crippen LogP contribution in [0.1, 0.15) is 15.2 Å². The smallest absolute Gasteiger partial charge is 0.345 e. The SMILES string of the molecule is [N-]=[N+]=NCC#Cc1cccc2sc(C(=O)O)cc12. The second-order valence-corrected chi connectivity index (χ2v) is 4.41. The summed E-state index contributed by atoms with van der Waals surface area (Å²) in [6.07, 6.45) is 0. The molecule has 88 valence electrons. The van der Waals surface area contributed by atoms with Gasteiger partial charge < -0.3 is 5.11 Å². The van der Waals surface area contributed by atoms with Crippen molar-refractivity contribution in [2.24, 2.45) is 5.11 Å². The minimum Gasteiger partial charge on any atom is -0.477 e. The van der Waals surface area contributed by atoms with Gasteiger partial charge in [0.2, 0.25) is 0 Å². The minimum atomic E-state index is -0.941. The van der Waals surface area contributed by atoms with Crippen molar-refractivity contribution >= 4 is 27.4 Å². The largest absolute Gasteiger partial charge is 0.477 e. The Balaban J connectivity index is 2.46. The van der Waals surface area contributed by atoms with Crippen molar-refractivity contribution in [2.75, 3.05) is 6.54 Å². The van der Waals surface area contributed by atoms with Crippen LogP contribution in [0.4, 0.5) is 0 Å². The maximum Gasteiger partial charge on any atom is 0.345 e. The van der Waals surface area contributed by atoms with Gasteiger partial charge in [-0.05, 0) is 23.7 Å². The fourth-order valence-electron chi connectivity index (χ4n) is 1.48. The molecule has 0 amide bonds. The van der Waals surface area contributed by atoms with Gasteiger partial charge in [-0.2, -0.15) is 0 Å². The van der Waals surface area contributed by atoms with Gasteiger partial charge in [-0.3, -0.25) is 0 Å². The van der Waals surface area contributed by atoms with Crippen LogP contribution in [0.3, 0.4) is 0 Å². The van der Waals surface area contributed by atoms with Gasteiger partial charge in [0.05, 0.1) is 6.54 Å². The predicted molar refractivity (Wildman–Crippen MR) is 69.7 cm³/mol. The molecule has 6 heteroatoms. The Morgan fingerprint density at radius 1 is 1.56 bits per heavy atom. The number of aromatic carboxylic acids is 1. The second kappa shape index (κ2) is 5.23. The lowest BCUT2D eigenvalue weighted by Crippen LogP contribution is -1.89. The van der Waals surface area contributed by atoms with Gasteiger partial charge in [0.15, 0.2) is 0 Å². The first-order chi connectivity index (χ1) is 8.72. The Morgan fingerprint density at radius 3 is 3.11 bits per heavy atom. The van der Waals surface area contributed by atoms with Crippen LogP contribution in [0.15, 0.2) is 29.4 Å². The normalized spacial score (nSPS) is 9.33. The number of benzene rings is 1. The predicted octanol–water partition coefficient (Wildman–Crippen LogP) is 3.26. The second-order valence-electron chi connectivity index (χ2n) is 3.32. The number of azide groups is 1. The Labute approximate surface area is 106 Å². The first kappa shape index (κ1) is 12.0. The van der Waals surface area contributed by atoms with Gasteiger partial charge in [0, 0.05) is 20.6 Å². The number of fused-ring (bicyclic) bond motifs is 1. The van der Waals surface area contributed by atoms with E-state index in [4.69, 9.17) is 10.6 Å². The number of thiophene rings is 1. The third-order valence-electron chi connectivity index (χ3n) is 2.21. The molecule has 18 heavy (non-hydrogen) atoms. The lowest BCUT2D eigenvalue weighted by molar-refractivity contribution is 0.0702. The zero-order chi connectivity index (χ0) is 13.0. The molecule has 0 aliphatic carbocycles. The third-order valence-corrected chi connectivity index (χ3v) is 3.30. The standard InChI is InChI=1S/C12H7N3O2S/c13-15-14-6-2-4-8-3-1-5-10-9(8)7-11(18-10)12(16)17/h1,3,5,7H,6H2,(H,16,17). The highest BCUT2D eigenvalue weighted by Crippen LogP contribution is 2.27. The van der Waals surface area contributed by atoms with Crippen molar-refractivity contribution in [1.29, 1.82) is 0 Å². The fraction of sp³-hybridized carbons (Fsp3) is 0.0833. The van der Waals surface area contributed by atoms with Gasteiger partial charge in [-0.25, -0.2) is 4.79 Å². The average Bonchev–Trinajstić information content (AvgIpc) is 2.79. The van der Waals surface area contributed by atoms with Crippen LogP contribution in [0.25, 0.3) is 20.5 Å². The average molecular weight is 257 g/mol. The topological polar surface area (TPSA) is 86.1 Å². The molecular formula is C12H7N3O2S. The van der Waals surface area contributed by atoms with Gasteiger partial charge in [-0.15, -0.1) is 11.3 Å². The Kier molecular flexibility index (Phi) is 3.49. The van der Waals surface area contributed by atoms with Crippen molar-refractivity contribution in [1.82, 2.24) is 0 Å². The molecule has 0 atom stereocenters. The minimum absolute atomic E-state index is 0.100. The number of carboxylic acids is 1. The van der Waals surface area contributed by atoms with Gasteiger partial charge in [0.1, 0.15) is 4.88 Å². The van der Waals surface area contributed by atoms with E-state index in [0.29, 0.717) is 0 Å². The summed E-state index contributed by atoms with van der Waals surface area (Å²) in [7, 11) is 0. The van der Waals surface area contributed by atoms with Gasteiger partial charge in [0.25, 0.3) is 0 Å². The molecule has 0 bridgehead atoms. The summed E-state index contributed by atoms with van der Waals surface area (Å²) in [5, 5.41) is 13.1. The molecule has 0 spiro atoms. The van der Waals surface area contributed by atoms with Crippen molar-refractivity contribution < 1.29 is 9.90 Å². The molecule has 1 aromatic heterocycles. The highest BCUT2D eigenvalue weighted by atomic mass is 32.1. The van der Waals surface area contributed by atoms with Crippen LogP contribution < -0.4 is 0 Å². The summed E-state index contributed by atoms with van der Waals surface area (Å²) < 4.78 is 0.878. The summed E-state index contributed by atoms with van der Waals surface area (Å²) in [5.41, 5.74) is 8.87. The van der Waals surface area contributed by atoms with E-state index >= 15 is 0 Å².